The van der Waals surface area contributed by atoms with E-state index < -0.39 is 18.5 Å². The molecule has 0 aromatic heterocycles. The zero-order chi connectivity index (χ0) is 24.3. The van der Waals surface area contributed by atoms with Crippen LogP contribution in [0.1, 0.15) is 35.8 Å². The number of amides is 2. The van der Waals surface area contributed by atoms with Gasteiger partial charge >= 0.3 is 5.97 Å². The normalized spacial score (nSPS) is 14.1. The number of benzene rings is 2. The first-order valence-corrected chi connectivity index (χ1v) is 11.2. The Morgan fingerprint density at radius 3 is 2.44 bits per heavy atom. The summed E-state index contributed by atoms with van der Waals surface area (Å²) in [6.07, 6.45) is 0. The molecule has 1 aliphatic rings. The minimum Gasteiger partial charge on any atom is -0.490 e. The van der Waals surface area contributed by atoms with Crippen molar-refractivity contribution in [2.75, 3.05) is 46.1 Å². The third-order valence-corrected chi connectivity index (χ3v) is 5.21. The molecule has 2 aromatic carbocycles. The Kier molecular flexibility index (Phi) is 9.28. The average molecular weight is 471 g/mol. The summed E-state index contributed by atoms with van der Waals surface area (Å²) < 4.78 is 21.6. The molecule has 0 radical (unpaired) electrons. The van der Waals surface area contributed by atoms with E-state index in [1.54, 1.807) is 17.9 Å². The van der Waals surface area contributed by atoms with E-state index in [2.05, 4.69) is 5.32 Å². The number of carbonyl (C=O) groups excluding carboxylic acids is 3. The van der Waals surface area contributed by atoms with Crippen LogP contribution in [-0.4, -0.2) is 68.8 Å². The van der Waals surface area contributed by atoms with Crippen molar-refractivity contribution in [1.82, 2.24) is 10.2 Å². The van der Waals surface area contributed by atoms with Gasteiger partial charge in [-0.1, -0.05) is 30.3 Å². The van der Waals surface area contributed by atoms with Crippen molar-refractivity contribution in [2.24, 2.45) is 0 Å². The summed E-state index contributed by atoms with van der Waals surface area (Å²) in [5.41, 5.74) is 1.16. The number of carbonyl (C=O) groups is 3. The van der Waals surface area contributed by atoms with E-state index in [4.69, 9.17) is 18.9 Å². The lowest BCUT2D eigenvalue weighted by Crippen LogP contribution is -2.43. The molecular weight excluding hydrogens is 440 g/mol. The summed E-state index contributed by atoms with van der Waals surface area (Å²) in [6.45, 7) is 5.51. The van der Waals surface area contributed by atoms with Crippen LogP contribution in [0.5, 0.6) is 11.5 Å². The maximum atomic E-state index is 12.5. The second kappa shape index (κ2) is 12.6. The van der Waals surface area contributed by atoms with Gasteiger partial charge in [-0.05, 0) is 37.6 Å². The quantitative estimate of drug-likeness (QED) is 0.532. The fourth-order valence-corrected chi connectivity index (χ4v) is 3.39. The molecule has 1 atom stereocenters. The molecule has 0 unspecified atom stereocenters. The van der Waals surface area contributed by atoms with Gasteiger partial charge in [0, 0.05) is 13.1 Å². The third kappa shape index (κ3) is 7.21. The van der Waals surface area contributed by atoms with Crippen LogP contribution in [0.15, 0.2) is 48.5 Å². The molecule has 0 aliphatic carbocycles. The highest BCUT2D eigenvalue weighted by Gasteiger charge is 2.19. The van der Waals surface area contributed by atoms with Crippen LogP contribution in [0.25, 0.3) is 0 Å². The van der Waals surface area contributed by atoms with Gasteiger partial charge in [0.15, 0.2) is 24.7 Å². The Morgan fingerprint density at radius 2 is 1.74 bits per heavy atom. The molecule has 1 aliphatic heterocycles. The topological polar surface area (TPSA) is 103 Å². The van der Waals surface area contributed by atoms with Crippen molar-refractivity contribution in [1.29, 1.82) is 0 Å². The summed E-state index contributed by atoms with van der Waals surface area (Å²) >= 11 is 0. The lowest BCUT2D eigenvalue weighted by atomic mass is 10.1. The molecule has 1 heterocycles. The molecule has 3 rings (SSSR count). The predicted octanol–water partition coefficient (Wildman–Crippen LogP) is 2.36. The van der Waals surface area contributed by atoms with Gasteiger partial charge in [0.2, 0.25) is 0 Å². The SMILES string of the molecule is CCOc1cc(C(=O)OCC(=O)N[C@@H](C)c2ccccc2)ccc1OCC(=O)N1CCOCC1. The maximum absolute atomic E-state index is 12.5. The number of morpholine rings is 1. The smallest absolute Gasteiger partial charge is 0.338 e. The molecule has 0 bridgehead atoms. The lowest BCUT2D eigenvalue weighted by Gasteiger charge is -2.26. The van der Waals surface area contributed by atoms with Crippen LogP contribution in [0.4, 0.5) is 0 Å². The second-order valence-electron chi connectivity index (χ2n) is 7.65. The highest BCUT2D eigenvalue weighted by molar-refractivity contribution is 5.92. The Morgan fingerprint density at radius 1 is 1.00 bits per heavy atom. The minimum absolute atomic E-state index is 0.148. The van der Waals surface area contributed by atoms with Gasteiger partial charge in [-0.15, -0.1) is 0 Å². The van der Waals surface area contributed by atoms with E-state index in [1.165, 1.54) is 12.1 Å². The summed E-state index contributed by atoms with van der Waals surface area (Å²) in [5, 5.41) is 2.79. The number of nitrogens with zero attached hydrogens (tertiary/aromatic N) is 1. The number of nitrogens with one attached hydrogen (secondary N) is 1. The van der Waals surface area contributed by atoms with Crippen molar-refractivity contribution in [2.45, 2.75) is 19.9 Å². The van der Waals surface area contributed by atoms with Crippen LogP contribution in [0, 0.1) is 0 Å². The first kappa shape index (κ1) is 25.0. The van der Waals surface area contributed by atoms with Crippen LogP contribution in [0.3, 0.4) is 0 Å². The molecule has 182 valence electrons. The molecule has 0 saturated carbocycles. The standard InChI is InChI=1S/C25H30N2O7/c1-3-32-22-15-20(9-10-21(22)33-17-24(29)27-11-13-31-14-12-27)25(30)34-16-23(28)26-18(2)19-7-5-4-6-8-19/h4-10,15,18H,3,11-14,16-17H2,1-2H3,(H,26,28)/t18-/m0/s1. The molecule has 1 N–H and O–H groups in total. The zero-order valence-electron chi connectivity index (χ0n) is 19.5. The lowest BCUT2D eigenvalue weighted by molar-refractivity contribution is -0.137. The van der Waals surface area contributed by atoms with E-state index in [0.717, 1.165) is 5.56 Å². The third-order valence-electron chi connectivity index (χ3n) is 5.21. The van der Waals surface area contributed by atoms with Gasteiger partial charge in [0.05, 0.1) is 31.4 Å². The summed E-state index contributed by atoms with van der Waals surface area (Å²) in [6, 6.07) is 13.8. The van der Waals surface area contributed by atoms with E-state index >= 15 is 0 Å². The first-order chi connectivity index (χ1) is 16.5. The maximum Gasteiger partial charge on any atom is 0.338 e. The van der Waals surface area contributed by atoms with Gasteiger partial charge in [-0.3, -0.25) is 9.59 Å². The fraction of sp³-hybridized carbons (Fsp3) is 0.400. The zero-order valence-corrected chi connectivity index (χ0v) is 19.5. The van der Waals surface area contributed by atoms with Crippen LogP contribution in [-0.2, 0) is 19.1 Å². The largest absolute Gasteiger partial charge is 0.490 e. The van der Waals surface area contributed by atoms with Crippen molar-refractivity contribution < 1.29 is 33.3 Å². The molecule has 9 heteroatoms. The van der Waals surface area contributed by atoms with Crippen LogP contribution >= 0.6 is 0 Å². The van der Waals surface area contributed by atoms with E-state index in [1.807, 2.05) is 37.3 Å². The highest BCUT2D eigenvalue weighted by atomic mass is 16.5. The molecule has 1 saturated heterocycles. The van der Waals surface area contributed by atoms with Gasteiger partial charge in [0.25, 0.3) is 11.8 Å². The molecule has 2 amide bonds. The van der Waals surface area contributed by atoms with E-state index in [0.29, 0.717) is 44.4 Å². The van der Waals surface area contributed by atoms with Crippen molar-refractivity contribution >= 4 is 17.8 Å². The number of hydrogen-bond acceptors (Lipinski definition) is 7. The first-order valence-electron chi connectivity index (χ1n) is 11.2. The minimum atomic E-state index is -0.667. The molecule has 9 nitrogen and oxygen atoms in total. The Bertz CT molecular complexity index is 974. The van der Waals surface area contributed by atoms with E-state index in [-0.39, 0.29) is 24.1 Å². The van der Waals surface area contributed by atoms with Gasteiger partial charge in [-0.2, -0.15) is 0 Å². The molecule has 34 heavy (non-hydrogen) atoms. The molecule has 2 aromatic rings. The van der Waals surface area contributed by atoms with Crippen molar-refractivity contribution in [3.05, 3.63) is 59.7 Å². The fourth-order valence-electron chi connectivity index (χ4n) is 3.39. The summed E-state index contributed by atoms with van der Waals surface area (Å²) in [5.74, 6) is -0.566. The number of esters is 1. The van der Waals surface area contributed by atoms with Gasteiger partial charge in [0.1, 0.15) is 0 Å². The number of rotatable bonds is 10. The summed E-state index contributed by atoms with van der Waals surface area (Å²) in [7, 11) is 0. The molecule has 0 spiro atoms. The van der Waals surface area contributed by atoms with Crippen molar-refractivity contribution in [3.8, 4) is 11.5 Å². The molecule has 1 fully saturated rings. The Labute approximate surface area is 198 Å². The Hall–Kier alpha value is -3.59. The van der Waals surface area contributed by atoms with Crippen molar-refractivity contribution in [3.63, 3.8) is 0 Å². The van der Waals surface area contributed by atoms with Gasteiger partial charge in [-0.25, -0.2) is 4.79 Å². The summed E-state index contributed by atoms with van der Waals surface area (Å²) in [4.78, 5) is 38.7. The van der Waals surface area contributed by atoms with Crippen LogP contribution < -0.4 is 14.8 Å². The monoisotopic (exact) mass is 470 g/mol. The second-order valence-corrected chi connectivity index (χ2v) is 7.65. The average Bonchev–Trinajstić information content (AvgIpc) is 2.87. The van der Waals surface area contributed by atoms with E-state index in [9.17, 15) is 14.4 Å². The Balaban J connectivity index is 1.54. The number of hydrogen-bond donors (Lipinski definition) is 1. The van der Waals surface area contributed by atoms with Gasteiger partial charge < -0.3 is 29.2 Å². The number of ether oxygens (including phenoxy) is 4. The van der Waals surface area contributed by atoms with Crippen LogP contribution in [0.2, 0.25) is 0 Å². The predicted molar refractivity (Wildman–Crippen MR) is 124 cm³/mol. The highest BCUT2D eigenvalue weighted by Crippen LogP contribution is 2.29. The molecular formula is C25H30N2O7.